The summed E-state index contributed by atoms with van der Waals surface area (Å²) in [6.07, 6.45) is 4.87. The van der Waals surface area contributed by atoms with Gasteiger partial charge in [0.25, 0.3) is 5.91 Å². The van der Waals surface area contributed by atoms with Crippen LogP contribution in [-0.2, 0) is 41.8 Å². The van der Waals surface area contributed by atoms with Crippen LogP contribution >= 0.6 is 0 Å². The van der Waals surface area contributed by atoms with Gasteiger partial charge in [-0.05, 0) is 71.9 Å². The lowest BCUT2D eigenvalue weighted by molar-refractivity contribution is -0.145. The average molecular weight is 686 g/mol. The van der Waals surface area contributed by atoms with Crippen LogP contribution in [0.4, 0.5) is 14.0 Å². The summed E-state index contributed by atoms with van der Waals surface area (Å²) in [7, 11) is 0. The van der Waals surface area contributed by atoms with Gasteiger partial charge >= 0.3 is 12.2 Å². The second kappa shape index (κ2) is 14.7. The zero-order chi connectivity index (χ0) is 35.5. The molecule has 4 aliphatic rings. The fourth-order valence-electron chi connectivity index (χ4n) is 6.60. The van der Waals surface area contributed by atoms with Crippen molar-refractivity contribution in [3.63, 3.8) is 0 Å². The summed E-state index contributed by atoms with van der Waals surface area (Å²) in [5, 5.41) is 5.61. The molecule has 13 nitrogen and oxygen atoms in total. The first-order valence-corrected chi connectivity index (χ1v) is 17.1. The predicted octanol–water partition coefficient (Wildman–Crippen LogP) is 3.99. The third kappa shape index (κ3) is 8.70. The Labute approximate surface area is 286 Å². The maximum absolute atomic E-state index is 14.4. The van der Waals surface area contributed by atoms with Gasteiger partial charge in [0, 0.05) is 24.4 Å². The highest BCUT2D eigenvalue weighted by molar-refractivity contribution is 5.98. The van der Waals surface area contributed by atoms with Gasteiger partial charge in [0.2, 0.25) is 11.8 Å². The van der Waals surface area contributed by atoms with Crippen LogP contribution in [0.3, 0.4) is 0 Å². The van der Waals surface area contributed by atoms with E-state index >= 15 is 0 Å². The van der Waals surface area contributed by atoms with Crippen molar-refractivity contribution < 1.29 is 42.7 Å². The Morgan fingerprint density at radius 3 is 2.59 bits per heavy atom. The molecule has 1 saturated heterocycles. The number of rotatable bonds is 5. The number of ether oxygens (including phenoxy) is 2. The molecule has 1 aromatic rings. The van der Waals surface area contributed by atoms with Gasteiger partial charge in [0.15, 0.2) is 0 Å². The summed E-state index contributed by atoms with van der Waals surface area (Å²) in [4.78, 5) is 75.9. The van der Waals surface area contributed by atoms with Gasteiger partial charge in [0.1, 0.15) is 35.1 Å². The zero-order valence-corrected chi connectivity index (χ0v) is 28.9. The lowest BCUT2D eigenvalue weighted by Gasteiger charge is -2.30. The van der Waals surface area contributed by atoms with Crippen LogP contribution in [0.2, 0.25) is 0 Å². The maximum Gasteiger partial charge on any atom is 0.410 e. The van der Waals surface area contributed by atoms with E-state index in [1.165, 1.54) is 15.9 Å². The van der Waals surface area contributed by atoms with Crippen LogP contribution < -0.4 is 16.1 Å². The number of amides is 5. The van der Waals surface area contributed by atoms with Crippen LogP contribution in [0.15, 0.2) is 30.4 Å². The van der Waals surface area contributed by atoms with Crippen molar-refractivity contribution in [3.8, 4) is 0 Å². The number of carbonyl (C=O) groups excluding carboxylic acids is 5. The molecule has 0 spiro atoms. The Hall–Kier alpha value is -4.20. The first-order valence-electron chi connectivity index (χ1n) is 17.1. The highest BCUT2D eigenvalue weighted by Gasteiger charge is 2.61. The van der Waals surface area contributed by atoms with Crippen molar-refractivity contribution in [3.05, 3.63) is 47.3 Å². The molecular weight excluding hydrogens is 637 g/mol. The van der Waals surface area contributed by atoms with E-state index in [0.29, 0.717) is 30.4 Å². The number of hydrogen-bond acceptors (Lipinski definition) is 8. The molecule has 5 atom stereocenters. The minimum Gasteiger partial charge on any atom is -0.444 e. The Morgan fingerprint density at radius 1 is 1.10 bits per heavy atom. The lowest BCUT2D eigenvalue weighted by atomic mass is 10.0. The normalized spacial score (nSPS) is 27.2. The van der Waals surface area contributed by atoms with E-state index in [1.54, 1.807) is 46.8 Å². The molecule has 0 bridgehead atoms. The number of halogens is 1. The van der Waals surface area contributed by atoms with Gasteiger partial charge in [-0.15, -0.1) is 0 Å². The summed E-state index contributed by atoms with van der Waals surface area (Å²) in [6.45, 7) is 8.76. The molecule has 3 N–H and O–H groups in total. The molecule has 1 aliphatic carbocycles. The SMILES string of the molecule is CC(C)ONC(=O)[C@@]12C[C@H]1C=CCCCCC[C@H](NC(=O)OC(C)(C)C)C(=O)N1C[C@H](OC(=O)N3Cc4cccc(F)c4C3)C[C@H]1C(=O)N2. The number of hydrogen-bond donors (Lipinski definition) is 3. The molecule has 49 heavy (non-hydrogen) atoms. The third-order valence-corrected chi connectivity index (χ3v) is 9.17. The first kappa shape index (κ1) is 36.1. The summed E-state index contributed by atoms with van der Waals surface area (Å²) in [5.74, 6) is -2.31. The first-order chi connectivity index (χ1) is 23.2. The number of nitrogens with zero attached hydrogens (tertiary/aromatic N) is 2. The van der Waals surface area contributed by atoms with E-state index in [4.69, 9.17) is 14.3 Å². The van der Waals surface area contributed by atoms with Crippen LogP contribution in [0, 0.1) is 11.7 Å². The number of alkyl carbamates (subject to hydrolysis) is 1. The summed E-state index contributed by atoms with van der Waals surface area (Å²) in [5.41, 5.74) is 1.47. The van der Waals surface area contributed by atoms with Crippen molar-refractivity contribution >= 4 is 29.9 Å². The van der Waals surface area contributed by atoms with E-state index in [0.717, 1.165) is 19.3 Å². The smallest absolute Gasteiger partial charge is 0.410 e. The van der Waals surface area contributed by atoms with Crippen molar-refractivity contribution in [2.45, 2.75) is 128 Å². The summed E-state index contributed by atoms with van der Waals surface area (Å²) in [6, 6.07) is 2.54. The molecule has 0 unspecified atom stereocenters. The number of fused-ring (bicyclic) bond motifs is 3. The molecule has 1 aromatic carbocycles. The van der Waals surface area contributed by atoms with E-state index in [-0.39, 0.29) is 38.1 Å². The van der Waals surface area contributed by atoms with Crippen LogP contribution in [-0.4, -0.2) is 81.7 Å². The van der Waals surface area contributed by atoms with Crippen LogP contribution in [0.25, 0.3) is 0 Å². The second-order valence-electron chi connectivity index (χ2n) is 14.6. The maximum atomic E-state index is 14.4. The Bertz CT molecular complexity index is 1480. The number of carbonyl (C=O) groups is 5. The average Bonchev–Trinajstić information content (AvgIpc) is 3.33. The van der Waals surface area contributed by atoms with E-state index < -0.39 is 65.1 Å². The monoisotopic (exact) mass is 685 g/mol. The number of hydroxylamine groups is 1. The number of nitrogens with one attached hydrogen (secondary N) is 3. The lowest BCUT2D eigenvalue weighted by Crippen LogP contribution is -2.58. The molecule has 0 radical (unpaired) electrons. The van der Waals surface area contributed by atoms with Crippen LogP contribution in [0.1, 0.15) is 90.7 Å². The Balaban J connectivity index is 1.39. The Morgan fingerprint density at radius 2 is 1.88 bits per heavy atom. The van der Waals surface area contributed by atoms with Crippen molar-refractivity contribution in [1.29, 1.82) is 0 Å². The highest BCUT2D eigenvalue weighted by atomic mass is 19.1. The molecule has 268 valence electrons. The topological polar surface area (TPSA) is 156 Å². The van der Waals surface area contributed by atoms with Gasteiger partial charge < -0.3 is 25.0 Å². The minimum atomic E-state index is -1.29. The second-order valence-corrected chi connectivity index (χ2v) is 14.6. The highest BCUT2D eigenvalue weighted by Crippen LogP contribution is 2.45. The third-order valence-electron chi connectivity index (χ3n) is 9.17. The molecule has 14 heteroatoms. The van der Waals surface area contributed by atoms with Gasteiger partial charge in [0.05, 0.1) is 19.2 Å². The molecule has 5 amide bonds. The predicted molar refractivity (Wildman–Crippen MR) is 175 cm³/mol. The Kier molecular flexibility index (Phi) is 10.9. The van der Waals surface area contributed by atoms with Crippen molar-refractivity contribution in [2.75, 3.05) is 6.54 Å². The van der Waals surface area contributed by atoms with Crippen molar-refractivity contribution in [1.82, 2.24) is 25.9 Å². The molecule has 2 fully saturated rings. The van der Waals surface area contributed by atoms with Crippen molar-refractivity contribution in [2.24, 2.45) is 5.92 Å². The fourth-order valence-corrected chi connectivity index (χ4v) is 6.60. The molecular formula is C35H48FN5O8. The van der Waals surface area contributed by atoms with Gasteiger partial charge in [-0.3, -0.25) is 24.1 Å². The van der Waals surface area contributed by atoms with E-state index in [2.05, 4.69) is 16.1 Å². The minimum absolute atomic E-state index is 0.0347. The number of allylic oxidation sites excluding steroid dienone is 1. The van der Waals surface area contributed by atoms with E-state index in [1.807, 2.05) is 12.2 Å². The standard InChI is InChI=1S/C35H48FN5O8/c1-21(2)49-39-31(44)35-17-23(35)13-9-7-6-8-10-15-27(37-32(45)48-34(3,4)5)30(43)41-19-24(16-28(41)29(42)38-35)47-33(46)40-18-22-12-11-14-26(36)25(22)20-40/h9,11-14,21,23-24,27-28H,6-8,10,15-20H2,1-5H3,(H,37,45)(H,38,42)(H,39,44)/t23-,24-,27+,28+,35-/m1/s1. The molecule has 1 saturated carbocycles. The number of benzene rings is 1. The summed E-state index contributed by atoms with van der Waals surface area (Å²) >= 11 is 0. The molecule has 0 aromatic heterocycles. The fraction of sp³-hybridized carbons (Fsp3) is 0.629. The molecule has 5 rings (SSSR count). The van der Waals surface area contributed by atoms with Gasteiger partial charge in [-0.2, -0.15) is 0 Å². The molecule has 3 aliphatic heterocycles. The zero-order valence-electron chi connectivity index (χ0n) is 28.9. The van der Waals surface area contributed by atoms with Crippen LogP contribution in [0.5, 0.6) is 0 Å². The quantitative estimate of drug-likeness (QED) is 0.311. The largest absolute Gasteiger partial charge is 0.444 e. The van der Waals surface area contributed by atoms with Gasteiger partial charge in [-0.1, -0.05) is 37.1 Å². The van der Waals surface area contributed by atoms with E-state index in [9.17, 15) is 28.4 Å². The van der Waals surface area contributed by atoms with Gasteiger partial charge in [-0.25, -0.2) is 19.5 Å². The summed E-state index contributed by atoms with van der Waals surface area (Å²) < 4.78 is 25.7. The molecule has 3 heterocycles.